The standard InChI is InChI=1S/C9H12N2O4S/c10-5-1-4(8(13)6(12)3-16)2-11-7(5)9(14)15/h1-2,6,8,12-13,16H,3,10H2,(H,14,15). The topological polar surface area (TPSA) is 117 Å². The van der Waals surface area contributed by atoms with Gasteiger partial charge in [0.2, 0.25) is 0 Å². The van der Waals surface area contributed by atoms with Crippen molar-refractivity contribution in [2.75, 3.05) is 11.5 Å². The molecule has 0 fully saturated rings. The van der Waals surface area contributed by atoms with E-state index in [1.165, 1.54) is 6.07 Å². The summed E-state index contributed by atoms with van der Waals surface area (Å²) in [4.78, 5) is 14.2. The number of carboxylic acid groups (broad SMARTS) is 1. The highest BCUT2D eigenvalue weighted by Gasteiger charge is 2.19. The lowest BCUT2D eigenvalue weighted by atomic mass is 10.1. The fraction of sp³-hybridized carbons (Fsp3) is 0.333. The minimum atomic E-state index is -1.24. The first-order chi connectivity index (χ1) is 7.47. The number of nitrogen functional groups attached to an aromatic ring is 1. The lowest BCUT2D eigenvalue weighted by molar-refractivity contribution is 0.0335. The maximum absolute atomic E-state index is 10.6. The van der Waals surface area contributed by atoms with Crippen LogP contribution < -0.4 is 5.73 Å². The third kappa shape index (κ3) is 2.63. The number of nitrogens with zero attached hydrogens (tertiary/aromatic N) is 1. The molecule has 0 amide bonds. The van der Waals surface area contributed by atoms with Gasteiger partial charge in [0.1, 0.15) is 6.10 Å². The lowest BCUT2D eigenvalue weighted by Crippen LogP contribution is -2.20. The summed E-state index contributed by atoms with van der Waals surface area (Å²) in [6.45, 7) is 0. The van der Waals surface area contributed by atoms with Crippen LogP contribution in [0.4, 0.5) is 5.69 Å². The van der Waals surface area contributed by atoms with Crippen LogP contribution in [0.3, 0.4) is 0 Å². The summed E-state index contributed by atoms with van der Waals surface area (Å²) in [7, 11) is 0. The van der Waals surface area contributed by atoms with Crippen molar-refractivity contribution in [2.45, 2.75) is 12.2 Å². The number of anilines is 1. The molecule has 16 heavy (non-hydrogen) atoms. The van der Waals surface area contributed by atoms with E-state index in [0.29, 0.717) is 0 Å². The number of pyridine rings is 1. The Morgan fingerprint density at radius 3 is 2.62 bits per heavy atom. The van der Waals surface area contributed by atoms with E-state index in [1.807, 2.05) is 0 Å². The van der Waals surface area contributed by atoms with Gasteiger partial charge in [-0.25, -0.2) is 9.78 Å². The number of aliphatic hydroxyl groups excluding tert-OH is 2. The predicted octanol–water partition coefficient (Wildman–Crippen LogP) is -0.314. The second kappa shape index (κ2) is 5.15. The van der Waals surface area contributed by atoms with E-state index in [1.54, 1.807) is 0 Å². The second-order valence-electron chi connectivity index (χ2n) is 3.21. The normalized spacial score (nSPS) is 14.4. The molecule has 7 heteroatoms. The van der Waals surface area contributed by atoms with Gasteiger partial charge < -0.3 is 21.1 Å². The van der Waals surface area contributed by atoms with Crippen LogP contribution in [0.25, 0.3) is 0 Å². The van der Waals surface area contributed by atoms with Crippen molar-refractivity contribution in [1.82, 2.24) is 4.98 Å². The van der Waals surface area contributed by atoms with Crippen LogP contribution in [0.1, 0.15) is 22.2 Å². The highest BCUT2D eigenvalue weighted by Crippen LogP contribution is 2.20. The Morgan fingerprint density at radius 2 is 2.19 bits per heavy atom. The SMILES string of the molecule is Nc1cc(C(O)C(O)CS)cnc1C(=O)O. The number of rotatable bonds is 4. The van der Waals surface area contributed by atoms with Crippen LogP contribution in [-0.4, -0.2) is 38.1 Å². The van der Waals surface area contributed by atoms with Crippen LogP contribution in [0.2, 0.25) is 0 Å². The molecule has 0 aliphatic carbocycles. The number of carboxylic acids is 1. The van der Waals surface area contributed by atoms with E-state index in [-0.39, 0.29) is 22.7 Å². The molecule has 0 saturated carbocycles. The molecule has 2 atom stereocenters. The summed E-state index contributed by atoms with van der Waals surface area (Å²) < 4.78 is 0. The average molecular weight is 244 g/mol. The lowest BCUT2D eigenvalue weighted by Gasteiger charge is -2.16. The zero-order chi connectivity index (χ0) is 12.3. The molecule has 0 aliphatic rings. The molecule has 0 spiro atoms. The van der Waals surface area contributed by atoms with Gasteiger partial charge in [0.25, 0.3) is 0 Å². The summed E-state index contributed by atoms with van der Waals surface area (Å²) in [5, 5.41) is 27.6. The molecular formula is C9H12N2O4S. The fourth-order valence-electron chi connectivity index (χ4n) is 1.16. The van der Waals surface area contributed by atoms with Crippen molar-refractivity contribution in [1.29, 1.82) is 0 Å². The van der Waals surface area contributed by atoms with Gasteiger partial charge in [-0.3, -0.25) is 0 Å². The summed E-state index contributed by atoms with van der Waals surface area (Å²) in [5.74, 6) is -1.17. The van der Waals surface area contributed by atoms with Crippen LogP contribution >= 0.6 is 12.6 Å². The van der Waals surface area contributed by atoms with Gasteiger partial charge in [-0.05, 0) is 6.07 Å². The van der Waals surface area contributed by atoms with E-state index >= 15 is 0 Å². The van der Waals surface area contributed by atoms with Crippen LogP contribution in [0.5, 0.6) is 0 Å². The molecule has 1 aromatic heterocycles. The van der Waals surface area contributed by atoms with Crippen LogP contribution in [0.15, 0.2) is 12.3 Å². The van der Waals surface area contributed by atoms with Crippen molar-refractivity contribution in [3.8, 4) is 0 Å². The monoisotopic (exact) mass is 244 g/mol. The molecule has 0 bridgehead atoms. The van der Waals surface area contributed by atoms with Gasteiger partial charge in [0, 0.05) is 17.5 Å². The van der Waals surface area contributed by atoms with Gasteiger partial charge >= 0.3 is 5.97 Å². The molecule has 0 radical (unpaired) electrons. The van der Waals surface area contributed by atoms with E-state index < -0.39 is 18.2 Å². The van der Waals surface area contributed by atoms with Crippen molar-refractivity contribution in [3.05, 3.63) is 23.5 Å². The first-order valence-electron chi connectivity index (χ1n) is 4.43. The van der Waals surface area contributed by atoms with Crippen LogP contribution in [-0.2, 0) is 0 Å². The zero-order valence-electron chi connectivity index (χ0n) is 8.24. The van der Waals surface area contributed by atoms with Crippen LogP contribution in [0, 0.1) is 0 Å². The Morgan fingerprint density at radius 1 is 1.56 bits per heavy atom. The number of aliphatic hydroxyl groups is 2. The first-order valence-corrected chi connectivity index (χ1v) is 5.06. The summed E-state index contributed by atoms with van der Waals surface area (Å²) >= 11 is 3.83. The smallest absolute Gasteiger partial charge is 0.356 e. The molecule has 1 aromatic rings. The minimum Gasteiger partial charge on any atom is -0.476 e. The van der Waals surface area contributed by atoms with Gasteiger partial charge in [-0.1, -0.05) is 0 Å². The molecule has 6 nitrogen and oxygen atoms in total. The van der Waals surface area contributed by atoms with Crippen molar-refractivity contribution in [3.63, 3.8) is 0 Å². The second-order valence-corrected chi connectivity index (χ2v) is 3.57. The maximum atomic E-state index is 10.6. The maximum Gasteiger partial charge on any atom is 0.356 e. The number of thiol groups is 1. The Bertz CT molecular complexity index is 399. The van der Waals surface area contributed by atoms with Crippen molar-refractivity contribution >= 4 is 24.3 Å². The van der Waals surface area contributed by atoms with Gasteiger partial charge in [-0.15, -0.1) is 0 Å². The summed E-state index contributed by atoms with van der Waals surface area (Å²) in [6, 6.07) is 1.27. The molecule has 1 heterocycles. The fourth-order valence-corrected chi connectivity index (χ4v) is 1.36. The number of nitrogens with two attached hydrogens (primary N) is 1. The third-order valence-electron chi connectivity index (χ3n) is 2.03. The molecular weight excluding hydrogens is 232 g/mol. The molecule has 88 valence electrons. The third-order valence-corrected chi connectivity index (χ3v) is 2.41. The number of aromatic nitrogens is 1. The molecule has 5 N–H and O–H groups in total. The highest BCUT2D eigenvalue weighted by atomic mass is 32.1. The quantitative estimate of drug-likeness (QED) is 0.464. The van der Waals surface area contributed by atoms with E-state index in [0.717, 1.165) is 6.20 Å². The molecule has 1 rings (SSSR count). The zero-order valence-corrected chi connectivity index (χ0v) is 9.13. The Hall–Kier alpha value is -1.31. The summed E-state index contributed by atoms with van der Waals surface area (Å²) in [6.07, 6.45) is -1.08. The number of aromatic carboxylic acids is 1. The predicted molar refractivity (Wildman–Crippen MR) is 60.4 cm³/mol. The van der Waals surface area contributed by atoms with Gasteiger partial charge in [-0.2, -0.15) is 12.6 Å². The van der Waals surface area contributed by atoms with Crippen molar-refractivity contribution < 1.29 is 20.1 Å². The Balaban J connectivity index is 3.01. The van der Waals surface area contributed by atoms with Gasteiger partial charge in [0.15, 0.2) is 5.69 Å². The van der Waals surface area contributed by atoms with Gasteiger partial charge in [0.05, 0.1) is 11.8 Å². The van der Waals surface area contributed by atoms with E-state index in [4.69, 9.17) is 10.8 Å². The number of hydrogen-bond donors (Lipinski definition) is 5. The highest BCUT2D eigenvalue weighted by molar-refractivity contribution is 7.80. The van der Waals surface area contributed by atoms with E-state index in [2.05, 4.69) is 17.6 Å². The number of hydrogen-bond acceptors (Lipinski definition) is 6. The summed E-state index contributed by atoms with van der Waals surface area (Å²) in [5.41, 5.74) is 5.36. The average Bonchev–Trinajstić information content (AvgIpc) is 2.26. The Labute approximate surface area is 97.2 Å². The molecule has 0 aliphatic heterocycles. The molecule has 0 aromatic carbocycles. The molecule has 2 unspecified atom stereocenters. The first kappa shape index (κ1) is 12.8. The minimum absolute atomic E-state index is 0.0598. The largest absolute Gasteiger partial charge is 0.476 e. The number of carbonyl (C=O) groups is 1. The molecule has 0 saturated heterocycles. The van der Waals surface area contributed by atoms with Crippen molar-refractivity contribution in [2.24, 2.45) is 0 Å². The van der Waals surface area contributed by atoms with E-state index in [9.17, 15) is 15.0 Å². The Kier molecular flexibility index (Phi) is 4.11.